The van der Waals surface area contributed by atoms with Gasteiger partial charge in [-0.25, -0.2) is 4.98 Å². The smallest absolute Gasteiger partial charge is 0.230 e. The van der Waals surface area contributed by atoms with Crippen molar-refractivity contribution in [3.8, 4) is 0 Å². The normalized spacial score (nSPS) is 16.5. The van der Waals surface area contributed by atoms with Crippen LogP contribution in [0.4, 0.5) is 0 Å². The first-order valence-corrected chi connectivity index (χ1v) is 7.64. The predicted octanol–water partition coefficient (Wildman–Crippen LogP) is 2.23. The Balaban J connectivity index is 1.76. The van der Waals surface area contributed by atoms with E-state index in [0.717, 1.165) is 35.6 Å². The molecule has 0 radical (unpaired) electrons. The Labute approximate surface area is 119 Å². The van der Waals surface area contributed by atoms with Gasteiger partial charge in [0.1, 0.15) is 5.03 Å². The van der Waals surface area contributed by atoms with Gasteiger partial charge in [0.25, 0.3) is 0 Å². The molecular weight excluding hydrogens is 316 g/mol. The highest BCUT2D eigenvalue weighted by molar-refractivity contribution is 9.10. The molecule has 2 heterocycles. The number of pyridine rings is 1. The molecule has 1 fully saturated rings. The van der Waals surface area contributed by atoms with Gasteiger partial charge in [-0.15, -0.1) is 0 Å². The zero-order chi connectivity index (χ0) is 12.8. The average molecular weight is 331 g/mol. The summed E-state index contributed by atoms with van der Waals surface area (Å²) >= 11 is 4.86. The second kappa shape index (κ2) is 7.11. The molecule has 0 aliphatic carbocycles. The van der Waals surface area contributed by atoms with Crippen molar-refractivity contribution in [2.75, 3.05) is 19.0 Å². The standard InChI is InChI=1S/C12H15BrN2O2S/c13-10-2-1-5-14-12(10)18-8-11(16)15-9-3-6-17-7-4-9/h1-2,5,9H,3-4,6-8H2,(H,15,16). The van der Waals surface area contributed by atoms with Crippen LogP contribution in [0.5, 0.6) is 0 Å². The van der Waals surface area contributed by atoms with E-state index in [0.29, 0.717) is 5.75 Å². The second-order valence-corrected chi connectivity index (χ2v) is 5.85. The molecule has 6 heteroatoms. The van der Waals surface area contributed by atoms with Crippen LogP contribution in [0.2, 0.25) is 0 Å². The van der Waals surface area contributed by atoms with Gasteiger partial charge in [-0.1, -0.05) is 11.8 Å². The van der Waals surface area contributed by atoms with E-state index in [1.807, 2.05) is 12.1 Å². The Hall–Kier alpha value is -0.590. The maximum Gasteiger partial charge on any atom is 0.230 e. The molecule has 1 amide bonds. The molecule has 1 aliphatic heterocycles. The van der Waals surface area contributed by atoms with Gasteiger partial charge < -0.3 is 10.1 Å². The largest absolute Gasteiger partial charge is 0.381 e. The van der Waals surface area contributed by atoms with Crippen molar-refractivity contribution in [1.29, 1.82) is 0 Å². The predicted molar refractivity (Wildman–Crippen MR) is 74.6 cm³/mol. The molecule has 1 aromatic heterocycles. The van der Waals surface area contributed by atoms with Gasteiger partial charge in [-0.2, -0.15) is 0 Å². The van der Waals surface area contributed by atoms with Crippen LogP contribution in [0, 0.1) is 0 Å². The molecule has 1 aromatic rings. The van der Waals surface area contributed by atoms with E-state index in [4.69, 9.17) is 4.74 Å². The van der Waals surface area contributed by atoms with Crippen LogP contribution in [-0.4, -0.2) is 35.9 Å². The van der Waals surface area contributed by atoms with Gasteiger partial charge in [-0.3, -0.25) is 4.79 Å². The van der Waals surface area contributed by atoms with Crippen LogP contribution in [0.15, 0.2) is 27.8 Å². The molecule has 0 spiro atoms. The highest BCUT2D eigenvalue weighted by atomic mass is 79.9. The van der Waals surface area contributed by atoms with Crippen molar-refractivity contribution < 1.29 is 9.53 Å². The molecular formula is C12H15BrN2O2S. The average Bonchev–Trinajstić information content (AvgIpc) is 2.39. The fourth-order valence-electron chi connectivity index (χ4n) is 1.72. The lowest BCUT2D eigenvalue weighted by Crippen LogP contribution is -2.39. The quantitative estimate of drug-likeness (QED) is 0.860. The summed E-state index contributed by atoms with van der Waals surface area (Å²) in [6.07, 6.45) is 3.54. The molecule has 98 valence electrons. The van der Waals surface area contributed by atoms with E-state index in [2.05, 4.69) is 26.2 Å². The molecule has 0 saturated carbocycles. The Morgan fingerprint density at radius 3 is 3.06 bits per heavy atom. The molecule has 0 unspecified atom stereocenters. The lowest BCUT2D eigenvalue weighted by atomic mass is 10.1. The summed E-state index contributed by atoms with van der Waals surface area (Å²) in [5, 5.41) is 3.87. The summed E-state index contributed by atoms with van der Waals surface area (Å²) < 4.78 is 6.18. The van der Waals surface area contributed by atoms with Crippen LogP contribution < -0.4 is 5.32 Å². The highest BCUT2D eigenvalue weighted by Gasteiger charge is 2.16. The van der Waals surface area contributed by atoms with E-state index in [1.165, 1.54) is 11.8 Å². The van der Waals surface area contributed by atoms with Crippen molar-refractivity contribution in [2.45, 2.75) is 23.9 Å². The summed E-state index contributed by atoms with van der Waals surface area (Å²) in [5.41, 5.74) is 0. The number of ether oxygens (including phenoxy) is 1. The number of aromatic nitrogens is 1. The first-order chi connectivity index (χ1) is 8.75. The van der Waals surface area contributed by atoms with E-state index in [-0.39, 0.29) is 11.9 Å². The van der Waals surface area contributed by atoms with Crippen LogP contribution in [0.25, 0.3) is 0 Å². The molecule has 0 bridgehead atoms. The lowest BCUT2D eigenvalue weighted by Gasteiger charge is -2.22. The minimum atomic E-state index is 0.0597. The van der Waals surface area contributed by atoms with Gasteiger partial charge in [0, 0.05) is 29.9 Å². The topological polar surface area (TPSA) is 51.2 Å². The summed E-state index contributed by atoms with van der Waals surface area (Å²) in [4.78, 5) is 16.0. The Kier molecular flexibility index (Phi) is 5.46. The van der Waals surface area contributed by atoms with Gasteiger partial charge in [0.2, 0.25) is 5.91 Å². The van der Waals surface area contributed by atoms with Crippen molar-refractivity contribution in [2.24, 2.45) is 0 Å². The van der Waals surface area contributed by atoms with E-state index < -0.39 is 0 Å². The molecule has 1 saturated heterocycles. The van der Waals surface area contributed by atoms with Gasteiger partial charge in [0.15, 0.2) is 0 Å². The van der Waals surface area contributed by atoms with Crippen molar-refractivity contribution in [3.63, 3.8) is 0 Å². The summed E-state index contributed by atoms with van der Waals surface area (Å²) in [5.74, 6) is 0.455. The maximum absolute atomic E-state index is 11.8. The molecule has 2 rings (SSSR count). The molecule has 18 heavy (non-hydrogen) atoms. The summed E-state index contributed by atoms with van der Waals surface area (Å²) in [6.45, 7) is 1.48. The van der Waals surface area contributed by atoms with Crippen molar-refractivity contribution in [1.82, 2.24) is 10.3 Å². The fourth-order valence-corrected chi connectivity index (χ4v) is 3.01. The van der Waals surface area contributed by atoms with Crippen LogP contribution in [-0.2, 0) is 9.53 Å². The van der Waals surface area contributed by atoms with Crippen LogP contribution in [0.3, 0.4) is 0 Å². The molecule has 0 atom stereocenters. The Morgan fingerprint density at radius 2 is 2.33 bits per heavy atom. The number of carbonyl (C=O) groups excluding carboxylic acids is 1. The number of halogens is 1. The minimum Gasteiger partial charge on any atom is -0.381 e. The van der Waals surface area contributed by atoms with E-state index in [1.54, 1.807) is 6.20 Å². The van der Waals surface area contributed by atoms with Crippen molar-refractivity contribution in [3.05, 3.63) is 22.8 Å². The number of rotatable bonds is 4. The number of hydrogen-bond acceptors (Lipinski definition) is 4. The summed E-state index contributed by atoms with van der Waals surface area (Å²) in [6, 6.07) is 4.04. The van der Waals surface area contributed by atoms with Crippen molar-refractivity contribution >= 4 is 33.6 Å². The fraction of sp³-hybridized carbons (Fsp3) is 0.500. The molecule has 0 aromatic carbocycles. The van der Waals surface area contributed by atoms with Gasteiger partial charge >= 0.3 is 0 Å². The second-order valence-electron chi connectivity index (χ2n) is 4.03. The third-order valence-corrected chi connectivity index (χ3v) is 4.56. The number of amides is 1. The van der Waals surface area contributed by atoms with Gasteiger partial charge in [0.05, 0.1) is 5.75 Å². The van der Waals surface area contributed by atoms with Crippen LogP contribution in [0.1, 0.15) is 12.8 Å². The number of nitrogens with zero attached hydrogens (tertiary/aromatic N) is 1. The SMILES string of the molecule is O=C(CSc1ncccc1Br)NC1CCOCC1. The third kappa shape index (κ3) is 4.26. The van der Waals surface area contributed by atoms with Crippen LogP contribution >= 0.6 is 27.7 Å². The maximum atomic E-state index is 11.8. The van der Waals surface area contributed by atoms with E-state index >= 15 is 0 Å². The zero-order valence-corrected chi connectivity index (χ0v) is 12.3. The third-order valence-electron chi connectivity index (χ3n) is 2.65. The number of thioether (sulfide) groups is 1. The first kappa shape index (κ1) is 13.8. The van der Waals surface area contributed by atoms with Gasteiger partial charge in [-0.05, 0) is 40.9 Å². The Morgan fingerprint density at radius 1 is 1.56 bits per heavy atom. The molecule has 4 nitrogen and oxygen atoms in total. The summed E-state index contributed by atoms with van der Waals surface area (Å²) in [7, 11) is 0. The molecule has 1 aliphatic rings. The Bertz CT molecular complexity index is 411. The van der Waals surface area contributed by atoms with E-state index in [9.17, 15) is 4.79 Å². The number of hydrogen-bond donors (Lipinski definition) is 1. The lowest BCUT2D eigenvalue weighted by molar-refractivity contribution is -0.119. The monoisotopic (exact) mass is 330 g/mol. The number of nitrogens with one attached hydrogen (secondary N) is 1. The molecule has 1 N–H and O–H groups in total. The first-order valence-electron chi connectivity index (χ1n) is 5.86. The zero-order valence-electron chi connectivity index (χ0n) is 9.89. The minimum absolute atomic E-state index is 0.0597. The highest BCUT2D eigenvalue weighted by Crippen LogP contribution is 2.24. The number of carbonyl (C=O) groups is 1.